The molecule has 4 heteroatoms. The van der Waals surface area contributed by atoms with Gasteiger partial charge in [0.1, 0.15) is 16.2 Å². The van der Waals surface area contributed by atoms with Crippen LogP contribution in [0, 0.1) is 0 Å². The molecule has 0 unspecified atom stereocenters. The smallest absolute Gasteiger partial charge is 0.135 e. The predicted octanol–water partition coefficient (Wildman–Crippen LogP) is 3.89. The van der Waals surface area contributed by atoms with E-state index in [9.17, 15) is 0 Å². The van der Waals surface area contributed by atoms with Gasteiger partial charge in [-0.2, -0.15) is 0 Å². The molecule has 3 rings (SSSR count). The second-order valence-corrected chi connectivity index (χ2v) is 6.22. The molecular formula is C14H20BrN3. The van der Waals surface area contributed by atoms with Crippen molar-refractivity contribution >= 4 is 21.7 Å². The third kappa shape index (κ3) is 2.53. The maximum Gasteiger partial charge on any atom is 0.135 e. The topological polar surface area (TPSA) is 29.0 Å². The summed E-state index contributed by atoms with van der Waals surface area (Å²) in [6.07, 6.45) is 7.87. The first kappa shape index (κ1) is 12.4. The second-order valence-electron chi connectivity index (χ2n) is 5.41. The summed E-state index contributed by atoms with van der Waals surface area (Å²) in [5.41, 5.74) is 0. The van der Waals surface area contributed by atoms with Crippen LogP contribution in [0.4, 0.5) is 5.82 Å². The maximum atomic E-state index is 4.80. The van der Waals surface area contributed by atoms with Gasteiger partial charge >= 0.3 is 0 Å². The molecule has 0 aliphatic heterocycles. The average molecular weight is 310 g/mol. The molecule has 2 aliphatic carbocycles. The van der Waals surface area contributed by atoms with Crippen LogP contribution in [0.5, 0.6) is 0 Å². The van der Waals surface area contributed by atoms with E-state index in [4.69, 9.17) is 4.98 Å². The van der Waals surface area contributed by atoms with E-state index < -0.39 is 0 Å². The molecule has 0 amide bonds. The van der Waals surface area contributed by atoms with Crippen molar-refractivity contribution in [1.29, 1.82) is 0 Å². The molecule has 2 fully saturated rings. The monoisotopic (exact) mass is 309 g/mol. The quantitative estimate of drug-likeness (QED) is 0.790. The van der Waals surface area contributed by atoms with E-state index in [1.807, 2.05) is 0 Å². The highest BCUT2D eigenvalue weighted by molar-refractivity contribution is 9.10. The zero-order valence-corrected chi connectivity index (χ0v) is 12.5. The SMILES string of the molecule is CCN(c1cc(Br)nc(C2CC2)n1)C1CCCC1. The minimum absolute atomic E-state index is 0.614. The van der Waals surface area contributed by atoms with Crippen LogP contribution < -0.4 is 4.90 Å². The predicted molar refractivity (Wildman–Crippen MR) is 77.0 cm³/mol. The van der Waals surface area contributed by atoms with Gasteiger partial charge in [0.25, 0.3) is 0 Å². The summed E-state index contributed by atoms with van der Waals surface area (Å²) in [6.45, 7) is 3.27. The van der Waals surface area contributed by atoms with Crippen molar-refractivity contribution in [1.82, 2.24) is 9.97 Å². The Labute approximate surface area is 117 Å². The highest BCUT2D eigenvalue weighted by Gasteiger charge is 2.29. The summed E-state index contributed by atoms with van der Waals surface area (Å²) >= 11 is 3.54. The van der Waals surface area contributed by atoms with Crippen molar-refractivity contribution in [3.05, 3.63) is 16.5 Å². The highest BCUT2D eigenvalue weighted by Crippen LogP contribution is 2.39. The van der Waals surface area contributed by atoms with Crippen LogP contribution >= 0.6 is 15.9 Å². The molecule has 1 heterocycles. The fourth-order valence-corrected chi connectivity index (χ4v) is 3.30. The molecule has 0 saturated heterocycles. The highest BCUT2D eigenvalue weighted by atomic mass is 79.9. The van der Waals surface area contributed by atoms with E-state index >= 15 is 0 Å². The van der Waals surface area contributed by atoms with Crippen molar-refractivity contribution in [2.75, 3.05) is 11.4 Å². The zero-order valence-electron chi connectivity index (χ0n) is 10.9. The molecule has 0 N–H and O–H groups in total. The largest absolute Gasteiger partial charge is 0.354 e. The van der Waals surface area contributed by atoms with Crippen LogP contribution in [0.2, 0.25) is 0 Å². The summed E-state index contributed by atoms with van der Waals surface area (Å²) in [6, 6.07) is 2.76. The number of aromatic nitrogens is 2. The summed E-state index contributed by atoms with van der Waals surface area (Å²) in [4.78, 5) is 11.8. The lowest BCUT2D eigenvalue weighted by Gasteiger charge is -2.29. The van der Waals surface area contributed by atoms with Crippen molar-refractivity contribution in [3.63, 3.8) is 0 Å². The van der Waals surface area contributed by atoms with Crippen molar-refractivity contribution in [2.24, 2.45) is 0 Å². The molecule has 1 aromatic heterocycles. The normalized spacial score (nSPS) is 20.3. The van der Waals surface area contributed by atoms with Crippen LogP contribution in [0.15, 0.2) is 10.7 Å². The molecule has 18 heavy (non-hydrogen) atoms. The molecule has 3 nitrogen and oxygen atoms in total. The van der Waals surface area contributed by atoms with Crippen LogP contribution in [0.3, 0.4) is 0 Å². The zero-order chi connectivity index (χ0) is 12.5. The molecule has 0 bridgehead atoms. The third-order valence-electron chi connectivity index (χ3n) is 4.04. The Hall–Kier alpha value is -0.640. The number of anilines is 1. The van der Waals surface area contributed by atoms with Crippen LogP contribution in [0.1, 0.15) is 57.2 Å². The van der Waals surface area contributed by atoms with Gasteiger partial charge in [-0.3, -0.25) is 0 Å². The number of hydrogen-bond acceptors (Lipinski definition) is 3. The Balaban J connectivity index is 1.88. The summed E-state index contributed by atoms with van der Waals surface area (Å²) in [7, 11) is 0. The number of halogens is 1. The number of hydrogen-bond donors (Lipinski definition) is 0. The first-order valence-corrected chi connectivity index (χ1v) is 7.88. The van der Waals surface area contributed by atoms with Gasteiger partial charge in [0.15, 0.2) is 0 Å². The Morgan fingerprint density at radius 1 is 1.22 bits per heavy atom. The van der Waals surface area contributed by atoms with Gasteiger partial charge in [-0.25, -0.2) is 9.97 Å². The summed E-state index contributed by atoms with van der Waals surface area (Å²) in [5.74, 6) is 2.77. The van der Waals surface area contributed by atoms with Gasteiger partial charge in [-0.05, 0) is 48.5 Å². The molecule has 2 saturated carbocycles. The molecule has 98 valence electrons. The first-order chi connectivity index (χ1) is 8.78. The van der Waals surface area contributed by atoms with Crippen molar-refractivity contribution in [3.8, 4) is 0 Å². The maximum absolute atomic E-state index is 4.80. The number of rotatable bonds is 4. The van der Waals surface area contributed by atoms with E-state index in [0.29, 0.717) is 12.0 Å². The number of nitrogens with zero attached hydrogens (tertiary/aromatic N) is 3. The fraction of sp³-hybridized carbons (Fsp3) is 0.714. The Bertz CT molecular complexity index is 425. The summed E-state index contributed by atoms with van der Waals surface area (Å²) in [5, 5.41) is 0. The molecule has 0 atom stereocenters. The van der Waals surface area contributed by atoms with E-state index in [2.05, 4.69) is 38.8 Å². The average Bonchev–Trinajstić information content (AvgIpc) is 3.08. The molecule has 2 aliphatic rings. The molecule has 0 spiro atoms. The molecule has 1 aromatic rings. The van der Waals surface area contributed by atoms with Gasteiger partial charge in [-0.1, -0.05) is 12.8 Å². The van der Waals surface area contributed by atoms with E-state index in [0.717, 1.165) is 22.8 Å². The Morgan fingerprint density at radius 3 is 2.56 bits per heavy atom. The van der Waals surface area contributed by atoms with E-state index in [-0.39, 0.29) is 0 Å². The standard InChI is InChI=1S/C14H20BrN3/c1-2-18(11-5-3-4-6-11)13-9-12(15)16-14(17-13)10-7-8-10/h9-11H,2-8H2,1H3. The van der Waals surface area contributed by atoms with Crippen LogP contribution in [-0.4, -0.2) is 22.6 Å². The van der Waals surface area contributed by atoms with Gasteiger partial charge < -0.3 is 4.90 Å². The first-order valence-electron chi connectivity index (χ1n) is 7.09. The van der Waals surface area contributed by atoms with Gasteiger partial charge in [0, 0.05) is 24.6 Å². The lowest BCUT2D eigenvalue weighted by Crippen LogP contribution is -2.34. The summed E-state index contributed by atoms with van der Waals surface area (Å²) < 4.78 is 0.936. The van der Waals surface area contributed by atoms with Crippen molar-refractivity contribution < 1.29 is 0 Å². The minimum atomic E-state index is 0.614. The lowest BCUT2D eigenvalue weighted by atomic mass is 10.2. The fourth-order valence-electron chi connectivity index (χ4n) is 2.92. The van der Waals surface area contributed by atoms with Gasteiger partial charge in [-0.15, -0.1) is 0 Å². The molecule has 0 aromatic carbocycles. The Kier molecular flexibility index (Phi) is 3.55. The van der Waals surface area contributed by atoms with Crippen LogP contribution in [0.25, 0.3) is 0 Å². The molecule has 0 radical (unpaired) electrons. The van der Waals surface area contributed by atoms with Gasteiger partial charge in [0.2, 0.25) is 0 Å². The lowest BCUT2D eigenvalue weighted by molar-refractivity contribution is 0.610. The Morgan fingerprint density at radius 2 is 1.94 bits per heavy atom. The van der Waals surface area contributed by atoms with Gasteiger partial charge in [0.05, 0.1) is 0 Å². The molecular weight excluding hydrogens is 290 g/mol. The minimum Gasteiger partial charge on any atom is -0.354 e. The second kappa shape index (κ2) is 5.16. The van der Waals surface area contributed by atoms with Crippen LogP contribution in [-0.2, 0) is 0 Å². The van der Waals surface area contributed by atoms with Crippen molar-refractivity contribution in [2.45, 2.75) is 57.4 Å². The third-order valence-corrected chi connectivity index (χ3v) is 4.45. The van der Waals surface area contributed by atoms with E-state index in [1.54, 1.807) is 0 Å². The van der Waals surface area contributed by atoms with E-state index in [1.165, 1.54) is 38.5 Å².